The van der Waals surface area contributed by atoms with E-state index < -0.39 is 0 Å². The van der Waals surface area contributed by atoms with E-state index in [2.05, 4.69) is 51.8 Å². The first kappa shape index (κ1) is 13.0. The zero-order valence-electron chi connectivity index (χ0n) is 11.4. The molecule has 0 aromatic carbocycles. The van der Waals surface area contributed by atoms with Crippen molar-refractivity contribution in [3.05, 3.63) is 0 Å². The molecule has 0 aliphatic carbocycles. The van der Waals surface area contributed by atoms with Crippen molar-refractivity contribution in [3.8, 4) is 0 Å². The second-order valence-corrected chi connectivity index (χ2v) is 6.79. The van der Waals surface area contributed by atoms with Crippen molar-refractivity contribution in [2.24, 2.45) is 5.92 Å². The molecule has 90 valence electrons. The maximum atomic E-state index is 3.71. The van der Waals surface area contributed by atoms with Gasteiger partial charge in [0.05, 0.1) is 0 Å². The summed E-state index contributed by atoms with van der Waals surface area (Å²) in [6.07, 6.45) is 1.31. The summed E-state index contributed by atoms with van der Waals surface area (Å²) in [6, 6.07) is 0. The highest BCUT2D eigenvalue weighted by Crippen LogP contribution is 2.21. The van der Waals surface area contributed by atoms with Crippen LogP contribution in [0.25, 0.3) is 0 Å². The summed E-state index contributed by atoms with van der Waals surface area (Å²) in [6.45, 7) is 17.4. The molecule has 1 N–H and O–H groups in total. The van der Waals surface area contributed by atoms with Gasteiger partial charge in [-0.25, -0.2) is 0 Å². The lowest BCUT2D eigenvalue weighted by Gasteiger charge is -2.48. The van der Waals surface area contributed by atoms with Gasteiger partial charge in [0.15, 0.2) is 0 Å². The van der Waals surface area contributed by atoms with Crippen LogP contribution in [0.5, 0.6) is 0 Å². The molecule has 0 spiro atoms. The van der Waals surface area contributed by atoms with Gasteiger partial charge in [0, 0.05) is 24.2 Å². The smallest absolute Gasteiger partial charge is 0.0257 e. The van der Waals surface area contributed by atoms with Crippen molar-refractivity contribution in [3.63, 3.8) is 0 Å². The Morgan fingerprint density at radius 3 is 1.93 bits per heavy atom. The van der Waals surface area contributed by atoms with Crippen LogP contribution in [0.3, 0.4) is 0 Å². The average molecular weight is 212 g/mol. The van der Waals surface area contributed by atoms with Crippen LogP contribution < -0.4 is 5.32 Å². The van der Waals surface area contributed by atoms with Crippen LogP contribution in [-0.2, 0) is 0 Å². The topological polar surface area (TPSA) is 15.3 Å². The van der Waals surface area contributed by atoms with E-state index >= 15 is 0 Å². The van der Waals surface area contributed by atoms with Gasteiger partial charge in [-0.05, 0) is 46.6 Å². The van der Waals surface area contributed by atoms with Gasteiger partial charge in [-0.3, -0.25) is 4.90 Å². The van der Waals surface area contributed by atoms with Gasteiger partial charge in [0.25, 0.3) is 0 Å². The van der Waals surface area contributed by atoms with Gasteiger partial charge in [0.1, 0.15) is 0 Å². The Morgan fingerprint density at radius 1 is 1.07 bits per heavy atom. The lowest BCUT2D eigenvalue weighted by atomic mass is 9.91. The van der Waals surface area contributed by atoms with E-state index in [-0.39, 0.29) is 11.1 Å². The Kier molecular flexibility index (Phi) is 3.83. The van der Waals surface area contributed by atoms with E-state index in [0.29, 0.717) is 0 Å². The molecule has 0 unspecified atom stereocenters. The summed E-state index contributed by atoms with van der Waals surface area (Å²) >= 11 is 0. The summed E-state index contributed by atoms with van der Waals surface area (Å²) in [7, 11) is 0. The number of rotatable bonds is 3. The Morgan fingerprint density at radius 2 is 1.53 bits per heavy atom. The normalized spacial score (nSPS) is 25.8. The Hall–Kier alpha value is -0.0800. The van der Waals surface area contributed by atoms with E-state index in [9.17, 15) is 0 Å². The molecule has 15 heavy (non-hydrogen) atoms. The fraction of sp³-hybridized carbons (Fsp3) is 1.00. The summed E-state index contributed by atoms with van der Waals surface area (Å²) in [4.78, 5) is 2.61. The molecule has 0 radical (unpaired) electrons. The number of hydrogen-bond donors (Lipinski definition) is 1. The van der Waals surface area contributed by atoms with Crippen LogP contribution >= 0.6 is 0 Å². The van der Waals surface area contributed by atoms with Crippen molar-refractivity contribution in [1.29, 1.82) is 0 Å². The predicted octanol–water partition coefficient (Wildman–Crippen LogP) is 2.49. The molecule has 0 bridgehead atoms. The van der Waals surface area contributed by atoms with Gasteiger partial charge < -0.3 is 5.32 Å². The Labute approximate surface area is 95.4 Å². The molecule has 1 aliphatic rings. The highest BCUT2D eigenvalue weighted by Gasteiger charge is 2.35. The van der Waals surface area contributed by atoms with E-state index in [1.807, 2.05) is 0 Å². The van der Waals surface area contributed by atoms with Gasteiger partial charge in [-0.1, -0.05) is 13.8 Å². The zero-order chi connectivity index (χ0) is 11.7. The molecule has 1 fully saturated rings. The average Bonchev–Trinajstić information content (AvgIpc) is 1.94. The quantitative estimate of drug-likeness (QED) is 0.773. The lowest BCUT2D eigenvalue weighted by Crippen LogP contribution is -2.66. The molecule has 1 aliphatic heterocycles. The van der Waals surface area contributed by atoms with Crippen LogP contribution in [-0.4, -0.2) is 35.6 Å². The molecule has 1 rings (SSSR count). The molecule has 0 saturated carbocycles. The first-order valence-electron chi connectivity index (χ1n) is 6.22. The minimum atomic E-state index is 0.249. The fourth-order valence-electron chi connectivity index (χ4n) is 2.77. The monoisotopic (exact) mass is 212 g/mol. The zero-order valence-corrected chi connectivity index (χ0v) is 11.4. The van der Waals surface area contributed by atoms with Crippen LogP contribution in [0, 0.1) is 5.92 Å². The van der Waals surface area contributed by atoms with Crippen LogP contribution in [0.1, 0.15) is 48.0 Å². The predicted molar refractivity (Wildman–Crippen MR) is 67.2 cm³/mol. The number of nitrogens with one attached hydrogen (secondary N) is 1. The summed E-state index contributed by atoms with van der Waals surface area (Å²) in [5.41, 5.74) is 0.497. The molecule has 2 nitrogen and oxygen atoms in total. The van der Waals surface area contributed by atoms with Crippen LogP contribution in [0.2, 0.25) is 0 Å². The lowest BCUT2D eigenvalue weighted by molar-refractivity contribution is 0.0748. The third kappa shape index (κ3) is 4.52. The number of piperazine rings is 1. The van der Waals surface area contributed by atoms with Crippen LogP contribution in [0.4, 0.5) is 0 Å². The maximum absolute atomic E-state index is 3.71. The molecule has 0 aromatic rings. The van der Waals surface area contributed by atoms with Crippen molar-refractivity contribution in [2.75, 3.05) is 19.6 Å². The third-order valence-electron chi connectivity index (χ3n) is 2.94. The van der Waals surface area contributed by atoms with Gasteiger partial charge in [-0.15, -0.1) is 0 Å². The number of nitrogens with zero attached hydrogens (tertiary/aromatic N) is 1. The summed E-state index contributed by atoms with van der Waals surface area (Å²) < 4.78 is 0. The fourth-order valence-corrected chi connectivity index (χ4v) is 2.77. The Balaban J connectivity index is 2.52. The molecular formula is C13H28N2. The second-order valence-electron chi connectivity index (χ2n) is 6.79. The second kappa shape index (κ2) is 4.42. The molecule has 0 amide bonds. The summed E-state index contributed by atoms with van der Waals surface area (Å²) in [5, 5.41) is 3.71. The highest BCUT2D eigenvalue weighted by molar-refractivity contribution is 4.97. The standard InChI is InChI=1S/C13H28N2/c1-11(2)7-8-15-9-12(3,4)14-13(5,6)10-15/h11,14H,7-10H2,1-6H3. The molecule has 0 atom stereocenters. The van der Waals surface area contributed by atoms with Crippen molar-refractivity contribution in [2.45, 2.75) is 59.0 Å². The van der Waals surface area contributed by atoms with Crippen molar-refractivity contribution < 1.29 is 0 Å². The largest absolute Gasteiger partial charge is 0.304 e. The van der Waals surface area contributed by atoms with E-state index in [0.717, 1.165) is 5.92 Å². The van der Waals surface area contributed by atoms with Gasteiger partial charge in [0.2, 0.25) is 0 Å². The van der Waals surface area contributed by atoms with E-state index in [1.165, 1.54) is 26.1 Å². The van der Waals surface area contributed by atoms with E-state index in [1.54, 1.807) is 0 Å². The minimum Gasteiger partial charge on any atom is -0.304 e. The van der Waals surface area contributed by atoms with E-state index in [4.69, 9.17) is 0 Å². The molecule has 1 saturated heterocycles. The van der Waals surface area contributed by atoms with Crippen molar-refractivity contribution >= 4 is 0 Å². The third-order valence-corrected chi connectivity index (χ3v) is 2.94. The molecular weight excluding hydrogens is 184 g/mol. The Bertz CT molecular complexity index is 191. The molecule has 0 aromatic heterocycles. The SMILES string of the molecule is CC(C)CCN1CC(C)(C)NC(C)(C)C1. The first-order chi connectivity index (χ1) is 6.70. The van der Waals surface area contributed by atoms with Gasteiger partial charge >= 0.3 is 0 Å². The minimum absolute atomic E-state index is 0.249. The van der Waals surface area contributed by atoms with Crippen molar-refractivity contribution in [1.82, 2.24) is 10.2 Å². The van der Waals surface area contributed by atoms with Gasteiger partial charge in [-0.2, -0.15) is 0 Å². The highest BCUT2D eigenvalue weighted by atomic mass is 15.3. The molecule has 1 heterocycles. The van der Waals surface area contributed by atoms with Crippen LogP contribution in [0.15, 0.2) is 0 Å². The first-order valence-corrected chi connectivity index (χ1v) is 6.22. The maximum Gasteiger partial charge on any atom is 0.0257 e. The molecule has 2 heteroatoms. The number of hydrogen-bond acceptors (Lipinski definition) is 2. The summed E-state index contributed by atoms with van der Waals surface area (Å²) in [5.74, 6) is 0.811.